The fraction of sp³-hybridized carbons (Fsp3) is 0.150. The molecule has 8 heteroatoms. The lowest BCUT2D eigenvalue weighted by Crippen LogP contribution is -2.03. The molecule has 0 fully saturated rings. The smallest absolute Gasteiger partial charge is 0.345 e. The van der Waals surface area contributed by atoms with Crippen LogP contribution < -0.4 is 15.7 Å². The summed E-state index contributed by atoms with van der Waals surface area (Å²) in [5, 5.41) is 6.82. The van der Waals surface area contributed by atoms with Crippen molar-refractivity contribution in [2.24, 2.45) is 0 Å². The zero-order valence-electron chi connectivity index (χ0n) is 15.4. The maximum absolute atomic E-state index is 12.4. The highest BCUT2D eigenvalue weighted by atomic mass is 35.5. The second-order valence-electron chi connectivity index (χ2n) is 6.20. The second kappa shape index (κ2) is 7.26. The van der Waals surface area contributed by atoms with Gasteiger partial charge < -0.3 is 14.5 Å². The summed E-state index contributed by atoms with van der Waals surface area (Å²) in [4.78, 5) is 21.4. The third-order valence-corrected chi connectivity index (χ3v) is 5.26. The van der Waals surface area contributed by atoms with E-state index in [1.54, 1.807) is 24.6 Å². The van der Waals surface area contributed by atoms with Crippen LogP contribution in [0.15, 0.2) is 44.9 Å². The van der Waals surface area contributed by atoms with Gasteiger partial charge in [0, 0.05) is 16.5 Å². The Morgan fingerprint density at radius 3 is 2.82 bits per heavy atom. The lowest BCUT2D eigenvalue weighted by Gasteiger charge is -2.12. The number of aromatic nitrogens is 2. The minimum absolute atomic E-state index is 0.374. The van der Waals surface area contributed by atoms with Gasteiger partial charge in [-0.2, -0.15) is 0 Å². The number of anilines is 2. The SMILES string of the molecule is COc1c(Nc2nc(-c3cc4cccc(Cl)c4oc3=O)cs2)cc(C)nc1C. The summed E-state index contributed by atoms with van der Waals surface area (Å²) in [6, 6.07) is 8.96. The zero-order chi connectivity index (χ0) is 19.8. The van der Waals surface area contributed by atoms with Crippen molar-refractivity contribution in [3.8, 4) is 17.0 Å². The van der Waals surface area contributed by atoms with Gasteiger partial charge in [-0.1, -0.05) is 23.7 Å². The van der Waals surface area contributed by atoms with Crippen molar-refractivity contribution in [2.75, 3.05) is 12.4 Å². The highest BCUT2D eigenvalue weighted by Gasteiger charge is 2.15. The van der Waals surface area contributed by atoms with Crippen LogP contribution in [0.2, 0.25) is 5.02 Å². The first-order valence-corrected chi connectivity index (χ1v) is 9.69. The van der Waals surface area contributed by atoms with E-state index in [0.717, 1.165) is 22.5 Å². The molecule has 0 bridgehead atoms. The molecule has 0 aliphatic rings. The summed E-state index contributed by atoms with van der Waals surface area (Å²) in [5.74, 6) is 0.655. The molecule has 0 saturated carbocycles. The fourth-order valence-electron chi connectivity index (χ4n) is 3.02. The van der Waals surface area contributed by atoms with Crippen LogP contribution in [0.3, 0.4) is 0 Å². The van der Waals surface area contributed by atoms with Crippen molar-refractivity contribution in [1.82, 2.24) is 9.97 Å². The molecule has 4 aromatic rings. The highest BCUT2D eigenvalue weighted by molar-refractivity contribution is 7.14. The third-order valence-electron chi connectivity index (χ3n) is 4.21. The number of thiazole rings is 1. The summed E-state index contributed by atoms with van der Waals surface area (Å²) in [6.07, 6.45) is 0. The number of benzene rings is 1. The summed E-state index contributed by atoms with van der Waals surface area (Å²) in [5.41, 5.74) is 3.23. The number of nitrogens with zero attached hydrogens (tertiary/aromatic N) is 2. The van der Waals surface area contributed by atoms with E-state index < -0.39 is 5.63 Å². The number of fused-ring (bicyclic) bond motifs is 1. The van der Waals surface area contributed by atoms with Crippen LogP contribution in [-0.2, 0) is 0 Å². The third kappa shape index (κ3) is 3.34. The number of halogens is 1. The van der Waals surface area contributed by atoms with E-state index >= 15 is 0 Å². The Morgan fingerprint density at radius 1 is 1.21 bits per heavy atom. The number of rotatable bonds is 4. The Labute approximate surface area is 169 Å². The molecular weight excluding hydrogens is 398 g/mol. The fourth-order valence-corrected chi connectivity index (χ4v) is 3.97. The van der Waals surface area contributed by atoms with Crippen LogP contribution in [0.4, 0.5) is 10.8 Å². The average Bonchev–Trinajstić information content (AvgIpc) is 3.10. The molecule has 1 aromatic carbocycles. The first-order valence-electron chi connectivity index (χ1n) is 8.44. The van der Waals surface area contributed by atoms with Gasteiger partial charge in [0.25, 0.3) is 0 Å². The molecule has 0 saturated heterocycles. The number of ether oxygens (including phenoxy) is 1. The van der Waals surface area contributed by atoms with E-state index in [1.165, 1.54) is 11.3 Å². The molecule has 0 radical (unpaired) electrons. The predicted octanol–water partition coefficient (Wildman–Crippen LogP) is 5.33. The minimum atomic E-state index is -0.481. The summed E-state index contributed by atoms with van der Waals surface area (Å²) >= 11 is 7.49. The van der Waals surface area contributed by atoms with E-state index in [9.17, 15) is 4.79 Å². The molecule has 142 valence electrons. The molecule has 0 atom stereocenters. The monoisotopic (exact) mass is 413 g/mol. The Bertz CT molecular complexity index is 1250. The summed E-state index contributed by atoms with van der Waals surface area (Å²) in [7, 11) is 1.60. The van der Waals surface area contributed by atoms with E-state index in [4.69, 9.17) is 20.8 Å². The molecule has 3 aromatic heterocycles. The standard InChI is InChI=1S/C20H16ClN3O3S/c1-10-7-15(17(26-3)11(2)22-10)23-20-24-16(9-28-20)13-8-12-5-4-6-14(21)18(12)27-19(13)25/h4-9H,1-3H3,(H,22,23,24). The van der Waals surface area contributed by atoms with E-state index in [1.807, 2.05) is 32.0 Å². The summed E-state index contributed by atoms with van der Waals surface area (Å²) in [6.45, 7) is 3.80. The van der Waals surface area contributed by atoms with Crippen LogP contribution >= 0.6 is 22.9 Å². The lowest BCUT2D eigenvalue weighted by molar-refractivity contribution is 0.411. The number of aryl methyl sites for hydroxylation is 2. The molecule has 28 heavy (non-hydrogen) atoms. The van der Waals surface area contributed by atoms with E-state index in [-0.39, 0.29) is 0 Å². The first kappa shape index (κ1) is 18.5. The van der Waals surface area contributed by atoms with Gasteiger partial charge in [0.1, 0.15) is 0 Å². The van der Waals surface area contributed by atoms with Crippen molar-refractivity contribution >= 4 is 44.7 Å². The van der Waals surface area contributed by atoms with Crippen molar-refractivity contribution < 1.29 is 9.15 Å². The van der Waals surface area contributed by atoms with Crippen molar-refractivity contribution in [3.05, 3.63) is 62.5 Å². The van der Waals surface area contributed by atoms with Gasteiger partial charge in [-0.25, -0.2) is 9.78 Å². The number of para-hydroxylation sites is 1. The maximum atomic E-state index is 12.4. The second-order valence-corrected chi connectivity index (χ2v) is 7.46. The number of methoxy groups -OCH3 is 1. The number of hydrogen-bond acceptors (Lipinski definition) is 7. The molecule has 0 unspecified atom stereocenters. The number of nitrogens with one attached hydrogen (secondary N) is 1. The zero-order valence-corrected chi connectivity index (χ0v) is 16.9. The molecule has 0 amide bonds. The van der Waals surface area contributed by atoms with Gasteiger partial charge in [0.05, 0.1) is 34.8 Å². The number of pyridine rings is 1. The normalized spacial score (nSPS) is 11.0. The largest absolute Gasteiger partial charge is 0.493 e. The van der Waals surface area contributed by atoms with Crippen LogP contribution in [-0.4, -0.2) is 17.1 Å². The molecule has 4 rings (SSSR count). The Balaban J connectivity index is 1.72. The van der Waals surface area contributed by atoms with Gasteiger partial charge in [-0.15, -0.1) is 11.3 Å². The highest BCUT2D eigenvalue weighted by Crippen LogP contribution is 2.33. The maximum Gasteiger partial charge on any atom is 0.345 e. The van der Waals surface area contributed by atoms with Crippen LogP contribution in [0, 0.1) is 13.8 Å². The van der Waals surface area contributed by atoms with Gasteiger partial charge in [-0.05, 0) is 32.0 Å². The molecule has 1 N–H and O–H groups in total. The Hall–Kier alpha value is -2.90. The Morgan fingerprint density at radius 2 is 2.04 bits per heavy atom. The molecule has 3 heterocycles. The molecule has 0 aliphatic carbocycles. The molecular formula is C20H16ClN3O3S. The Kier molecular flexibility index (Phi) is 4.78. The summed E-state index contributed by atoms with van der Waals surface area (Å²) < 4.78 is 10.8. The van der Waals surface area contributed by atoms with Gasteiger partial charge in [-0.3, -0.25) is 4.98 Å². The average molecular weight is 414 g/mol. The topological polar surface area (TPSA) is 77.2 Å². The van der Waals surface area contributed by atoms with Crippen LogP contribution in [0.1, 0.15) is 11.4 Å². The number of hydrogen-bond donors (Lipinski definition) is 1. The first-order chi connectivity index (χ1) is 13.5. The predicted molar refractivity (Wildman–Crippen MR) is 112 cm³/mol. The molecule has 0 spiro atoms. The van der Waals surface area contributed by atoms with Gasteiger partial charge >= 0.3 is 5.63 Å². The molecule has 6 nitrogen and oxygen atoms in total. The van der Waals surface area contributed by atoms with Crippen molar-refractivity contribution in [3.63, 3.8) is 0 Å². The van der Waals surface area contributed by atoms with Crippen LogP contribution in [0.5, 0.6) is 5.75 Å². The lowest BCUT2D eigenvalue weighted by atomic mass is 10.1. The quantitative estimate of drug-likeness (QED) is 0.455. The van der Waals surface area contributed by atoms with E-state index in [2.05, 4.69) is 15.3 Å². The van der Waals surface area contributed by atoms with Gasteiger partial charge in [0.15, 0.2) is 16.5 Å². The van der Waals surface area contributed by atoms with Crippen molar-refractivity contribution in [1.29, 1.82) is 0 Å². The van der Waals surface area contributed by atoms with Crippen LogP contribution in [0.25, 0.3) is 22.2 Å². The molecule has 0 aliphatic heterocycles. The van der Waals surface area contributed by atoms with Crippen molar-refractivity contribution in [2.45, 2.75) is 13.8 Å². The van der Waals surface area contributed by atoms with E-state index in [0.29, 0.717) is 32.7 Å². The minimum Gasteiger partial charge on any atom is -0.493 e. The van der Waals surface area contributed by atoms with Gasteiger partial charge in [0.2, 0.25) is 0 Å².